The van der Waals surface area contributed by atoms with Crippen molar-refractivity contribution >= 4 is 33.3 Å². The first-order valence-electron chi connectivity index (χ1n) is 9.92. The standard InChI is InChI=1S/C22H22N4O5S2/c1-14-24-19(13-32-14)18(11-15-7-9-16(10-8-15)26-33(27,28)29)25-22-23-12-21(31-22)17-5-3-4-6-20(17)30-2/h3-10,12-13,18,26H,11H2,1-2H3,(H,23,25)(H,27,28,29)/t18-/m0/s1. The number of thiazole rings is 1. The number of nitrogens with one attached hydrogen (secondary N) is 2. The van der Waals surface area contributed by atoms with Crippen LogP contribution in [0.4, 0.5) is 11.7 Å². The van der Waals surface area contributed by atoms with Crippen LogP contribution in [0.15, 0.2) is 64.5 Å². The summed E-state index contributed by atoms with van der Waals surface area (Å²) in [5.74, 6) is 1.26. The fourth-order valence-electron chi connectivity index (χ4n) is 3.33. The number of aromatic nitrogens is 2. The van der Waals surface area contributed by atoms with Gasteiger partial charge < -0.3 is 14.5 Å². The lowest BCUT2D eigenvalue weighted by Gasteiger charge is -2.16. The van der Waals surface area contributed by atoms with Crippen molar-refractivity contribution in [2.24, 2.45) is 0 Å². The zero-order valence-corrected chi connectivity index (χ0v) is 19.5. The van der Waals surface area contributed by atoms with E-state index in [1.165, 1.54) is 0 Å². The van der Waals surface area contributed by atoms with Crippen molar-refractivity contribution in [2.45, 2.75) is 19.4 Å². The van der Waals surface area contributed by atoms with Gasteiger partial charge in [0.05, 0.1) is 41.3 Å². The van der Waals surface area contributed by atoms with Gasteiger partial charge in [0.2, 0.25) is 0 Å². The number of hydrogen-bond donors (Lipinski definition) is 3. The molecule has 1 atom stereocenters. The molecule has 0 aliphatic heterocycles. The Balaban J connectivity index is 1.56. The van der Waals surface area contributed by atoms with Crippen molar-refractivity contribution in [3.63, 3.8) is 0 Å². The monoisotopic (exact) mass is 486 g/mol. The van der Waals surface area contributed by atoms with Crippen molar-refractivity contribution in [3.05, 3.63) is 76.4 Å². The molecule has 4 aromatic rings. The smallest absolute Gasteiger partial charge is 0.357 e. The molecule has 172 valence electrons. The van der Waals surface area contributed by atoms with E-state index in [0.717, 1.165) is 21.8 Å². The molecule has 0 saturated heterocycles. The number of hydrogen-bond acceptors (Lipinski definition) is 8. The molecule has 0 radical (unpaired) electrons. The van der Waals surface area contributed by atoms with Gasteiger partial charge in [-0.05, 0) is 43.2 Å². The molecule has 0 spiro atoms. The molecule has 2 heterocycles. The van der Waals surface area contributed by atoms with E-state index in [2.05, 4.69) is 15.3 Å². The third kappa shape index (κ3) is 5.89. The number of para-hydroxylation sites is 1. The van der Waals surface area contributed by atoms with Crippen LogP contribution in [0.1, 0.15) is 22.3 Å². The summed E-state index contributed by atoms with van der Waals surface area (Å²) in [4.78, 5) is 8.98. The molecule has 11 heteroatoms. The van der Waals surface area contributed by atoms with E-state index in [1.54, 1.807) is 48.9 Å². The van der Waals surface area contributed by atoms with Crippen LogP contribution < -0.4 is 14.8 Å². The Bertz CT molecular complexity index is 1330. The van der Waals surface area contributed by atoms with E-state index in [1.807, 2.05) is 41.3 Å². The van der Waals surface area contributed by atoms with Gasteiger partial charge in [-0.25, -0.2) is 9.97 Å². The maximum Gasteiger partial charge on any atom is 0.357 e. The van der Waals surface area contributed by atoms with Crippen LogP contribution in [0.3, 0.4) is 0 Å². The fraction of sp³-hybridized carbons (Fsp3) is 0.182. The Morgan fingerprint density at radius 2 is 1.94 bits per heavy atom. The van der Waals surface area contributed by atoms with Crippen LogP contribution in [0.2, 0.25) is 0 Å². The highest BCUT2D eigenvalue weighted by Crippen LogP contribution is 2.32. The van der Waals surface area contributed by atoms with E-state index >= 15 is 0 Å². The van der Waals surface area contributed by atoms with Crippen molar-refractivity contribution < 1.29 is 22.1 Å². The lowest BCUT2D eigenvalue weighted by Crippen LogP contribution is -2.15. The molecule has 0 saturated carbocycles. The van der Waals surface area contributed by atoms with Crippen LogP contribution in [0, 0.1) is 6.92 Å². The van der Waals surface area contributed by atoms with Gasteiger partial charge in [-0.1, -0.05) is 24.3 Å². The SMILES string of the molecule is COc1ccccc1-c1cnc(N[C@@H](Cc2ccc(NS(=O)(=O)O)cc2)c2csc(C)n2)o1. The summed E-state index contributed by atoms with van der Waals surface area (Å²) in [6.45, 7) is 1.94. The molecule has 0 amide bonds. The summed E-state index contributed by atoms with van der Waals surface area (Å²) in [5.41, 5.74) is 2.83. The largest absolute Gasteiger partial charge is 0.496 e. The molecule has 4 rings (SSSR count). The lowest BCUT2D eigenvalue weighted by atomic mass is 10.0. The second-order valence-corrected chi connectivity index (χ2v) is 9.41. The molecule has 0 aliphatic rings. The van der Waals surface area contributed by atoms with Crippen LogP contribution in [-0.2, 0) is 16.7 Å². The molecule has 0 fully saturated rings. The van der Waals surface area contributed by atoms with E-state index < -0.39 is 10.3 Å². The summed E-state index contributed by atoms with van der Waals surface area (Å²) < 4.78 is 44.3. The maximum atomic E-state index is 11.0. The van der Waals surface area contributed by atoms with E-state index in [4.69, 9.17) is 13.7 Å². The third-order valence-electron chi connectivity index (χ3n) is 4.81. The molecule has 0 aliphatic carbocycles. The quantitative estimate of drug-likeness (QED) is 0.290. The molecular weight excluding hydrogens is 464 g/mol. The topological polar surface area (TPSA) is 127 Å². The Morgan fingerprint density at radius 1 is 1.18 bits per heavy atom. The highest BCUT2D eigenvalue weighted by molar-refractivity contribution is 7.87. The van der Waals surface area contributed by atoms with Crippen molar-refractivity contribution in [2.75, 3.05) is 17.1 Å². The first-order chi connectivity index (χ1) is 15.8. The zero-order chi connectivity index (χ0) is 23.4. The molecule has 2 aromatic carbocycles. The first kappa shape index (κ1) is 22.8. The van der Waals surface area contributed by atoms with Gasteiger partial charge in [-0.2, -0.15) is 8.42 Å². The fourth-order valence-corrected chi connectivity index (χ4v) is 4.43. The summed E-state index contributed by atoms with van der Waals surface area (Å²) >= 11 is 1.55. The van der Waals surface area contributed by atoms with E-state index in [-0.39, 0.29) is 11.7 Å². The van der Waals surface area contributed by atoms with Crippen LogP contribution in [-0.4, -0.2) is 30.0 Å². The number of aryl methyl sites for hydroxylation is 1. The van der Waals surface area contributed by atoms with Crippen molar-refractivity contribution in [1.82, 2.24) is 9.97 Å². The average Bonchev–Trinajstić information content (AvgIpc) is 3.42. The third-order valence-corrected chi connectivity index (χ3v) is 6.10. The number of ether oxygens (including phenoxy) is 1. The highest BCUT2D eigenvalue weighted by atomic mass is 32.2. The van der Waals surface area contributed by atoms with E-state index in [0.29, 0.717) is 23.9 Å². The minimum Gasteiger partial charge on any atom is -0.496 e. The molecule has 9 nitrogen and oxygen atoms in total. The molecule has 33 heavy (non-hydrogen) atoms. The second kappa shape index (κ2) is 9.61. The average molecular weight is 487 g/mol. The van der Waals surface area contributed by atoms with Crippen molar-refractivity contribution in [3.8, 4) is 17.1 Å². The molecule has 0 bridgehead atoms. The Kier molecular flexibility index (Phi) is 6.63. The first-order valence-corrected chi connectivity index (χ1v) is 12.2. The number of nitrogens with zero attached hydrogens (tertiary/aromatic N) is 2. The predicted molar refractivity (Wildman–Crippen MR) is 127 cm³/mol. The summed E-state index contributed by atoms with van der Waals surface area (Å²) in [5, 5.41) is 6.23. The van der Waals surface area contributed by atoms with E-state index in [9.17, 15) is 8.42 Å². The van der Waals surface area contributed by atoms with Gasteiger partial charge in [-0.3, -0.25) is 9.27 Å². The number of oxazole rings is 1. The Morgan fingerprint density at radius 3 is 2.61 bits per heavy atom. The molecule has 2 aromatic heterocycles. The molecule has 3 N–H and O–H groups in total. The second-order valence-electron chi connectivity index (χ2n) is 7.20. The number of benzene rings is 2. The number of methoxy groups -OCH3 is 1. The Labute approximate surface area is 195 Å². The number of rotatable bonds is 9. The van der Waals surface area contributed by atoms with Gasteiger partial charge in [0.25, 0.3) is 6.01 Å². The summed E-state index contributed by atoms with van der Waals surface area (Å²) in [7, 11) is -2.72. The predicted octanol–water partition coefficient (Wildman–Crippen LogP) is 4.73. The summed E-state index contributed by atoms with van der Waals surface area (Å²) in [6, 6.07) is 14.3. The highest BCUT2D eigenvalue weighted by Gasteiger charge is 2.19. The van der Waals surface area contributed by atoms with Gasteiger partial charge >= 0.3 is 10.3 Å². The van der Waals surface area contributed by atoms with Gasteiger partial charge in [0.15, 0.2) is 5.76 Å². The lowest BCUT2D eigenvalue weighted by molar-refractivity contribution is 0.414. The Hall–Kier alpha value is -3.41. The van der Waals surface area contributed by atoms with Crippen molar-refractivity contribution in [1.29, 1.82) is 0 Å². The van der Waals surface area contributed by atoms with Gasteiger partial charge in [0, 0.05) is 5.38 Å². The van der Waals surface area contributed by atoms with Gasteiger partial charge in [-0.15, -0.1) is 11.3 Å². The minimum absolute atomic E-state index is 0.237. The normalized spacial score (nSPS) is 12.3. The van der Waals surface area contributed by atoms with Crippen LogP contribution in [0.25, 0.3) is 11.3 Å². The van der Waals surface area contributed by atoms with Gasteiger partial charge in [0.1, 0.15) is 5.75 Å². The number of anilines is 2. The minimum atomic E-state index is -4.32. The summed E-state index contributed by atoms with van der Waals surface area (Å²) in [6.07, 6.45) is 2.18. The molecular formula is C22H22N4O5S2. The maximum absolute atomic E-state index is 11.0. The van der Waals surface area contributed by atoms with Crippen LogP contribution in [0.5, 0.6) is 5.75 Å². The molecule has 0 unspecified atom stereocenters. The zero-order valence-electron chi connectivity index (χ0n) is 17.8. The van der Waals surface area contributed by atoms with Crippen LogP contribution >= 0.6 is 11.3 Å².